The SMILES string of the molecule is Cc1cccc2c(C(=O)O)nc(COc3ccc(Cl)cc3)n12. The second-order valence-electron chi connectivity index (χ2n) is 4.81. The Bertz CT molecular complexity index is 840. The number of aryl methyl sites for hydroxylation is 1. The first-order valence-electron chi connectivity index (χ1n) is 6.65. The number of imidazole rings is 1. The lowest BCUT2D eigenvalue weighted by Gasteiger charge is -2.07. The van der Waals surface area contributed by atoms with Crippen LogP contribution in [0, 0.1) is 6.92 Å². The van der Waals surface area contributed by atoms with Gasteiger partial charge in [0.05, 0.1) is 5.52 Å². The fourth-order valence-electron chi connectivity index (χ4n) is 2.31. The molecular formula is C16H13ClN2O3. The predicted molar refractivity (Wildman–Crippen MR) is 82.7 cm³/mol. The molecule has 0 amide bonds. The number of rotatable bonds is 4. The minimum Gasteiger partial charge on any atom is -0.486 e. The lowest BCUT2D eigenvalue weighted by Crippen LogP contribution is -2.03. The molecular weight excluding hydrogens is 304 g/mol. The number of pyridine rings is 1. The molecule has 2 aromatic heterocycles. The first-order valence-corrected chi connectivity index (χ1v) is 7.02. The standard InChI is InChI=1S/C16H13ClN2O3/c1-10-3-2-4-13-15(16(20)21)18-14(19(10)13)9-22-12-7-5-11(17)6-8-12/h2-8H,9H2,1H3,(H,20,21). The lowest BCUT2D eigenvalue weighted by atomic mass is 10.3. The number of carbonyl (C=O) groups is 1. The summed E-state index contributed by atoms with van der Waals surface area (Å²) in [5, 5.41) is 9.90. The van der Waals surface area contributed by atoms with E-state index in [1.165, 1.54) is 0 Å². The maximum atomic E-state index is 11.3. The smallest absolute Gasteiger partial charge is 0.356 e. The van der Waals surface area contributed by atoms with Crippen molar-refractivity contribution in [3.63, 3.8) is 0 Å². The van der Waals surface area contributed by atoms with E-state index in [2.05, 4.69) is 4.98 Å². The summed E-state index contributed by atoms with van der Waals surface area (Å²) in [4.78, 5) is 15.5. The zero-order chi connectivity index (χ0) is 15.7. The molecule has 0 aliphatic heterocycles. The first-order chi connectivity index (χ1) is 10.6. The van der Waals surface area contributed by atoms with Crippen molar-refractivity contribution in [3.05, 3.63) is 64.7 Å². The molecule has 0 aliphatic rings. The van der Waals surface area contributed by atoms with E-state index in [1.807, 2.05) is 19.1 Å². The van der Waals surface area contributed by atoms with E-state index in [9.17, 15) is 9.90 Å². The average molecular weight is 317 g/mol. The van der Waals surface area contributed by atoms with Crippen LogP contribution in [-0.4, -0.2) is 20.5 Å². The monoisotopic (exact) mass is 316 g/mol. The number of hydrogen-bond donors (Lipinski definition) is 1. The van der Waals surface area contributed by atoms with Crippen LogP contribution in [0.4, 0.5) is 0 Å². The highest BCUT2D eigenvalue weighted by atomic mass is 35.5. The predicted octanol–water partition coefficient (Wildman–Crippen LogP) is 3.57. The van der Waals surface area contributed by atoms with E-state index in [4.69, 9.17) is 16.3 Å². The van der Waals surface area contributed by atoms with Crippen molar-refractivity contribution >= 4 is 23.1 Å². The van der Waals surface area contributed by atoms with Crippen LogP contribution in [0.25, 0.3) is 5.52 Å². The Morgan fingerprint density at radius 3 is 2.68 bits per heavy atom. The van der Waals surface area contributed by atoms with Gasteiger partial charge in [0.15, 0.2) is 11.5 Å². The molecule has 0 saturated carbocycles. The van der Waals surface area contributed by atoms with Crippen LogP contribution < -0.4 is 4.74 Å². The highest BCUT2D eigenvalue weighted by Gasteiger charge is 2.17. The highest BCUT2D eigenvalue weighted by Crippen LogP contribution is 2.19. The Morgan fingerprint density at radius 2 is 2.00 bits per heavy atom. The molecule has 22 heavy (non-hydrogen) atoms. The summed E-state index contributed by atoms with van der Waals surface area (Å²) >= 11 is 5.83. The van der Waals surface area contributed by atoms with E-state index in [1.54, 1.807) is 34.7 Å². The minimum atomic E-state index is -1.05. The van der Waals surface area contributed by atoms with Gasteiger partial charge in [0, 0.05) is 10.7 Å². The molecule has 6 heteroatoms. The molecule has 1 aromatic carbocycles. The number of hydrogen-bond acceptors (Lipinski definition) is 3. The van der Waals surface area contributed by atoms with Gasteiger partial charge < -0.3 is 9.84 Å². The Morgan fingerprint density at radius 1 is 1.27 bits per heavy atom. The van der Waals surface area contributed by atoms with Crippen molar-refractivity contribution in [2.45, 2.75) is 13.5 Å². The summed E-state index contributed by atoms with van der Waals surface area (Å²) in [6.45, 7) is 2.06. The molecule has 3 aromatic rings. The van der Waals surface area contributed by atoms with Gasteiger partial charge in [-0.2, -0.15) is 0 Å². The Labute approximate surface area is 131 Å². The Balaban J connectivity index is 1.96. The average Bonchev–Trinajstić information content (AvgIpc) is 2.87. The molecule has 0 saturated heterocycles. The molecule has 5 nitrogen and oxygen atoms in total. The molecule has 0 radical (unpaired) electrons. The molecule has 0 spiro atoms. The third-order valence-electron chi connectivity index (χ3n) is 3.31. The van der Waals surface area contributed by atoms with Gasteiger partial charge in [-0.15, -0.1) is 0 Å². The zero-order valence-corrected chi connectivity index (χ0v) is 12.5. The maximum absolute atomic E-state index is 11.3. The number of benzene rings is 1. The van der Waals surface area contributed by atoms with Gasteiger partial charge in [-0.1, -0.05) is 17.7 Å². The molecule has 0 aliphatic carbocycles. The number of ether oxygens (including phenoxy) is 1. The lowest BCUT2D eigenvalue weighted by molar-refractivity contribution is 0.0693. The summed E-state index contributed by atoms with van der Waals surface area (Å²) in [5.74, 6) is 0.132. The molecule has 0 unspecified atom stereocenters. The first kappa shape index (κ1) is 14.4. The van der Waals surface area contributed by atoms with Crippen LogP contribution in [0.5, 0.6) is 5.75 Å². The van der Waals surface area contributed by atoms with Crippen molar-refractivity contribution in [1.82, 2.24) is 9.38 Å². The van der Waals surface area contributed by atoms with Crippen LogP contribution in [0.1, 0.15) is 22.0 Å². The summed E-state index contributed by atoms with van der Waals surface area (Å²) in [5.41, 5.74) is 1.48. The van der Waals surface area contributed by atoms with E-state index in [0.717, 1.165) is 5.69 Å². The molecule has 0 atom stereocenters. The molecule has 3 rings (SSSR count). The summed E-state index contributed by atoms with van der Waals surface area (Å²) < 4.78 is 7.46. The van der Waals surface area contributed by atoms with Gasteiger partial charge in [0.25, 0.3) is 0 Å². The quantitative estimate of drug-likeness (QED) is 0.799. The number of carboxylic acids is 1. The number of aromatic carboxylic acids is 1. The molecule has 2 heterocycles. The number of halogens is 1. The van der Waals surface area contributed by atoms with Gasteiger partial charge in [0.1, 0.15) is 12.4 Å². The van der Waals surface area contributed by atoms with Crippen LogP contribution in [0.2, 0.25) is 5.02 Å². The molecule has 112 valence electrons. The Hall–Kier alpha value is -2.53. The molecule has 0 fully saturated rings. The number of fused-ring (bicyclic) bond motifs is 1. The van der Waals surface area contributed by atoms with E-state index in [-0.39, 0.29) is 12.3 Å². The highest BCUT2D eigenvalue weighted by molar-refractivity contribution is 6.30. The van der Waals surface area contributed by atoms with Crippen molar-refractivity contribution in [2.24, 2.45) is 0 Å². The van der Waals surface area contributed by atoms with Gasteiger partial charge >= 0.3 is 5.97 Å². The van der Waals surface area contributed by atoms with Crippen LogP contribution in [0.15, 0.2) is 42.5 Å². The van der Waals surface area contributed by atoms with Gasteiger partial charge in [-0.25, -0.2) is 9.78 Å². The molecule has 1 N–H and O–H groups in total. The topological polar surface area (TPSA) is 63.8 Å². The third-order valence-corrected chi connectivity index (χ3v) is 3.56. The summed E-state index contributed by atoms with van der Waals surface area (Å²) in [6, 6.07) is 12.4. The van der Waals surface area contributed by atoms with Crippen LogP contribution in [0.3, 0.4) is 0 Å². The minimum absolute atomic E-state index is 0.0263. The molecule has 0 bridgehead atoms. The van der Waals surface area contributed by atoms with Crippen LogP contribution in [-0.2, 0) is 6.61 Å². The summed E-state index contributed by atoms with van der Waals surface area (Å²) in [6.07, 6.45) is 0. The van der Waals surface area contributed by atoms with E-state index >= 15 is 0 Å². The maximum Gasteiger partial charge on any atom is 0.356 e. The normalized spacial score (nSPS) is 10.8. The van der Waals surface area contributed by atoms with Crippen LogP contribution >= 0.6 is 11.6 Å². The fraction of sp³-hybridized carbons (Fsp3) is 0.125. The third kappa shape index (κ3) is 2.63. The second-order valence-corrected chi connectivity index (χ2v) is 5.25. The van der Waals surface area contributed by atoms with Gasteiger partial charge in [-0.05, 0) is 43.3 Å². The van der Waals surface area contributed by atoms with E-state index in [0.29, 0.717) is 22.1 Å². The van der Waals surface area contributed by atoms with E-state index < -0.39 is 5.97 Å². The van der Waals surface area contributed by atoms with Crippen molar-refractivity contribution < 1.29 is 14.6 Å². The van der Waals surface area contributed by atoms with Gasteiger partial charge in [0.2, 0.25) is 0 Å². The number of nitrogens with zero attached hydrogens (tertiary/aromatic N) is 2. The zero-order valence-electron chi connectivity index (χ0n) is 11.8. The second kappa shape index (κ2) is 5.69. The Kier molecular flexibility index (Phi) is 3.73. The largest absolute Gasteiger partial charge is 0.486 e. The number of aromatic nitrogens is 2. The van der Waals surface area contributed by atoms with Gasteiger partial charge in [-0.3, -0.25) is 4.40 Å². The van der Waals surface area contributed by atoms with Crippen molar-refractivity contribution in [2.75, 3.05) is 0 Å². The summed E-state index contributed by atoms with van der Waals surface area (Å²) in [7, 11) is 0. The van der Waals surface area contributed by atoms with Crippen molar-refractivity contribution in [3.8, 4) is 5.75 Å². The fourth-order valence-corrected chi connectivity index (χ4v) is 2.44. The van der Waals surface area contributed by atoms with Crippen molar-refractivity contribution in [1.29, 1.82) is 0 Å². The number of carboxylic acid groups (broad SMARTS) is 1.